The number of nitrogens with zero attached hydrogens (tertiary/aromatic N) is 4. The van der Waals surface area contributed by atoms with Crippen molar-refractivity contribution in [1.29, 1.82) is 0 Å². The number of hydrogen-bond acceptors (Lipinski definition) is 7. The lowest BCUT2D eigenvalue weighted by Crippen LogP contribution is -2.36. The SMILES string of the molecule is CCN(CC)CC.O=[N+]([O-])C([N+](=O)[O-])[N+](=O)[O-]. The summed E-state index contributed by atoms with van der Waals surface area (Å²) in [4.78, 5) is 26.1. The van der Waals surface area contributed by atoms with E-state index in [0.29, 0.717) is 0 Å². The Bertz CT molecular complexity index is 228. The second kappa shape index (κ2) is 9.39. The first-order chi connectivity index (χ1) is 7.81. The van der Waals surface area contributed by atoms with Crippen LogP contribution in [-0.4, -0.2) is 45.6 Å². The Morgan fingerprint density at radius 2 is 1.06 bits per heavy atom. The van der Waals surface area contributed by atoms with Crippen molar-refractivity contribution in [3.05, 3.63) is 30.3 Å². The summed E-state index contributed by atoms with van der Waals surface area (Å²) in [6.45, 7) is 10.1. The molecule has 0 radical (unpaired) electrons. The number of nitro groups is 3. The van der Waals surface area contributed by atoms with Gasteiger partial charge >= 0.3 is 6.29 Å². The van der Waals surface area contributed by atoms with E-state index in [2.05, 4.69) is 25.7 Å². The Hall–Kier alpha value is -1.84. The van der Waals surface area contributed by atoms with Gasteiger partial charge in [0.15, 0.2) is 14.8 Å². The molecule has 0 unspecified atom stereocenters. The molecule has 10 nitrogen and oxygen atoms in total. The van der Waals surface area contributed by atoms with Gasteiger partial charge in [0.1, 0.15) is 0 Å². The van der Waals surface area contributed by atoms with Gasteiger partial charge in [0.05, 0.1) is 0 Å². The first-order valence-corrected chi connectivity index (χ1v) is 4.94. The van der Waals surface area contributed by atoms with Gasteiger partial charge in [0.2, 0.25) is 0 Å². The van der Waals surface area contributed by atoms with Crippen molar-refractivity contribution in [1.82, 2.24) is 4.90 Å². The van der Waals surface area contributed by atoms with Crippen molar-refractivity contribution in [2.24, 2.45) is 0 Å². The molecule has 17 heavy (non-hydrogen) atoms. The summed E-state index contributed by atoms with van der Waals surface area (Å²) in [5.74, 6) is 0. The van der Waals surface area contributed by atoms with Gasteiger partial charge in [0, 0.05) is 0 Å². The van der Waals surface area contributed by atoms with Crippen molar-refractivity contribution >= 4 is 0 Å². The Kier molecular flexibility index (Phi) is 9.70. The van der Waals surface area contributed by atoms with Gasteiger partial charge < -0.3 is 4.90 Å². The van der Waals surface area contributed by atoms with E-state index >= 15 is 0 Å². The highest BCUT2D eigenvalue weighted by molar-refractivity contribution is 4.43. The maximum atomic E-state index is 9.50. The molecule has 0 N–H and O–H groups in total. The zero-order chi connectivity index (χ0) is 14.0. The average molecular weight is 252 g/mol. The van der Waals surface area contributed by atoms with Crippen LogP contribution in [0.5, 0.6) is 0 Å². The molecule has 0 aromatic carbocycles. The molecule has 0 spiro atoms. The Morgan fingerprint density at radius 1 is 0.824 bits per heavy atom. The monoisotopic (exact) mass is 252 g/mol. The lowest BCUT2D eigenvalue weighted by Gasteiger charge is -2.13. The normalized spacial score (nSPS) is 9.71. The minimum atomic E-state index is -2.94. The maximum absolute atomic E-state index is 9.50. The second-order valence-electron chi connectivity index (χ2n) is 2.82. The first kappa shape index (κ1) is 17.6. The van der Waals surface area contributed by atoms with Crippen LogP contribution < -0.4 is 0 Å². The average Bonchev–Trinajstić information content (AvgIpc) is 2.19. The van der Waals surface area contributed by atoms with E-state index in [9.17, 15) is 30.3 Å². The molecule has 0 amide bonds. The van der Waals surface area contributed by atoms with Crippen molar-refractivity contribution in [3.8, 4) is 0 Å². The molecular formula is C7H16N4O6. The zero-order valence-corrected chi connectivity index (χ0v) is 9.94. The Labute approximate surface area is 97.7 Å². The van der Waals surface area contributed by atoms with E-state index in [-0.39, 0.29) is 0 Å². The number of hydrogen-bond donors (Lipinski definition) is 0. The minimum absolute atomic E-state index is 1.19. The molecular weight excluding hydrogens is 236 g/mol. The topological polar surface area (TPSA) is 133 Å². The molecule has 10 heteroatoms. The zero-order valence-electron chi connectivity index (χ0n) is 9.94. The molecule has 0 fully saturated rings. The van der Waals surface area contributed by atoms with Gasteiger partial charge in [-0.3, -0.25) is 30.3 Å². The van der Waals surface area contributed by atoms with Crippen molar-refractivity contribution in [2.75, 3.05) is 19.6 Å². The van der Waals surface area contributed by atoms with Gasteiger partial charge in [-0.2, -0.15) is 0 Å². The van der Waals surface area contributed by atoms with E-state index in [1.807, 2.05) is 0 Å². The van der Waals surface area contributed by atoms with E-state index in [0.717, 1.165) is 0 Å². The predicted molar refractivity (Wildman–Crippen MR) is 58.2 cm³/mol. The summed E-state index contributed by atoms with van der Waals surface area (Å²) in [5, 5.41) is 28.5. The van der Waals surface area contributed by atoms with Crippen LogP contribution >= 0.6 is 0 Å². The van der Waals surface area contributed by atoms with E-state index in [4.69, 9.17) is 0 Å². The van der Waals surface area contributed by atoms with Crippen LogP contribution in [0.15, 0.2) is 0 Å². The second-order valence-corrected chi connectivity index (χ2v) is 2.82. The van der Waals surface area contributed by atoms with Crippen LogP contribution in [0.4, 0.5) is 0 Å². The molecule has 0 aliphatic heterocycles. The van der Waals surface area contributed by atoms with Gasteiger partial charge in [-0.1, -0.05) is 20.8 Å². The fourth-order valence-electron chi connectivity index (χ4n) is 0.902. The van der Waals surface area contributed by atoms with Gasteiger partial charge in [-0.15, -0.1) is 0 Å². The lowest BCUT2D eigenvalue weighted by atomic mass is 10.5. The molecule has 0 aromatic heterocycles. The smallest absolute Gasteiger partial charge is 0.304 e. The molecule has 0 heterocycles. The van der Waals surface area contributed by atoms with Gasteiger partial charge in [-0.05, 0) is 19.6 Å². The van der Waals surface area contributed by atoms with E-state index in [1.165, 1.54) is 19.6 Å². The third kappa shape index (κ3) is 8.02. The Balaban J connectivity index is 0. The minimum Gasteiger partial charge on any atom is -0.304 e. The quantitative estimate of drug-likeness (QED) is 0.380. The van der Waals surface area contributed by atoms with Crippen LogP contribution in [0.25, 0.3) is 0 Å². The molecule has 0 saturated heterocycles. The standard InChI is InChI=1S/C6H15N.CHN3O6/c1-4-7(5-2)6-3;5-2(6)1(3(7)8)4(9)10/h4-6H2,1-3H3;1H. The molecule has 0 aliphatic carbocycles. The van der Waals surface area contributed by atoms with Crippen molar-refractivity contribution < 1.29 is 14.8 Å². The summed E-state index contributed by atoms with van der Waals surface area (Å²) in [5.41, 5.74) is 0. The summed E-state index contributed by atoms with van der Waals surface area (Å²) < 4.78 is 0. The van der Waals surface area contributed by atoms with E-state index < -0.39 is 21.1 Å². The van der Waals surface area contributed by atoms with Gasteiger partial charge in [-0.25, -0.2) is 0 Å². The molecule has 0 aromatic rings. The lowest BCUT2D eigenvalue weighted by molar-refractivity contribution is -0.912. The van der Waals surface area contributed by atoms with Crippen LogP contribution in [0.2, 0.25) is 0 Å². The van der Waals surface area contributed by atoms with Crippen LogP contribution in [0.3, 0.4) is 0 Å². The van der Waals surface area contributed by atoms with E-state index in [1.54, 1.807) is 0 Å². The van der Waals surface area contributed by atoms with Crippen LogP contribution in [0.1, 0.15) is 20.8 Å². The third-order valence-electron chi connectivity index (χ3n) is 1.91. The molecule has 0 bridgehead atoms. The largest absolute Gasteiger partial charge is 0.693 e. The maximum Gasteiger partial charge on any atom is 0.693 e. The highest BCUT2D eigenvalue weighted by Crippen LogP contribution is 1.90. The Morgan fingerprint density at radius 3 is 1.06 bits per heavy atom. The predicted octanol–water partition coefficient (Wildman–Crippen LogP) is 0.448. The summed E-state index contributed by atoms with van der Waals surface area (Å²) in [7, 11) is 0. The highest BCUT2D eigenvalue weighted by Gasteiger charge is 2.45. The molecule has 0 aliphatic rings. The molecule has 0 saturated carbocycles. The highest BCUT2D eigenvalue weighted by atomic mass is 16.7. The third-order valence-corrected chi connectivity index (χ3v) is 1.91. The van der Waals surface area contributed by atoms with Crippen molar-refractivity contribution in [3.63, 3.8) is 0 Å². The number of rotatable bonds is 6. The molecule has 0 rings (SSSR count). The summed E-state index contributed by atoms with van der Waals surface area (Å²) in [6.07, 6.45) is -2.94. The van der Waals surface area contributed by atoms with Crippen LogP contribution in [-0.2, 0) is 0 Å². The van der Waals surface area contributed by atoms with Gasteiger partial charge in [0.25, 0.3) is 0 Å². The van der Waals surface area contributed by atoms with Crippen LogP contribution in [0, 0.1) is 30.3 Å². The van der Waals surface area contributed by atoms with Crippen molar-refractivity contribution in [2.45, 2.75) is 27.1 Å². The summed E-state index contributed by atoms with van der Waals surface area (Å²) in [6, 6.07) is 0. The summed E-state index contributed by atoms with van der Waals surface area (Å²) >= 11 is 0. The fraction of sp³-hybridized carbons (Fsp3) is 1.00. The first-order valence-electron chi connectivity index (χ1n) is 4.94. The molecule has 0 atom stereocenters. The molecule has 100 valence electrons. The fourth-order valence-corrected chi connectivity index (χ4v) is 0.902.